The molecule has 0 atom stereocenters. The Bertz CT molecular complexity index is 685. The lowest BCUT2D eigenvalue weighted by Crippen LogP contribution is -1.96. The third kappa shape index (κ3) is 2.64. The highest BCUT2D eigenvalue weighted by Gasteiger charge is 2.13. The second-order valence-corrected chi connectivity index (χ2v) is 4.08. The zero-order chi connectivity index (χ0) is 14.7. The summed E-state index contributed by atoms with van der Waals surface area (Å²) in [5, 5.41) is 10.6. The van der Waals surface area contributed by atoms with Crippen LogP contribution in [0.15, 0.2) is 36.4 Å². The van der Waals surface area contributed by atoms with Crippen molar-refractivity contribution in [1.82, 2.24) is 0 Å². The Kier molecular flexibility index (Phi) is 3.74. The molecule has 2 aromatic carbocycles. The van der Waals surface area contributed by atoms with Crippen molar-refractivity contribution in [3.05, 3.63) is 63.5 Å². The van der Waals surface area contributed by atoms with Gasteiger partial charge in [-0.2, -0.15) is 0 Å². The normalized spacial score (nSPS) is 10.1. The molecule has 20 heavy (non-hydrogen) atoms. The molecule has 102 valence electrons. The Balaban J connectivity index is 2.38. The summed E-state index contributed by atoms with van der Waals surface area (Å²) in [5.41, 5.74) is 0.260. The third-order valence-electron chi connectivity index (χ3n) is 2.72. The van der Waals surface area contributed by atoms with Gasteiger partial charge in [-0.3, -0.25) is 14.9 Å². The van der Waals surface area contributed by atoms with Crippen LogP contribution in [-0.4, -0.2) is 11.2 Å². The molecular weight excluding hydrogens is 265 g/mol. The van der Waals surface area contributed by atoms with Crippen molar-refractivity contribution in [3.63, 3.8) is 0 Å². The van der Waals surface area contributed by atoms with Crippen LogP contribution < -0.4 is 4.74 Å². The maximum absolute atomic E-state index is 13.4. The van der Waals surface area contributed by atoms with Gasteiger partial charge < -0.3 is 4.74 Å². The van der Waals surface area contributed by atoms with Crippen LogP contribution in [-0.2, 0) is 0 Å². The Morgan fingerprint density at radius 2 is 2.00 bits per heavy atom. The van der Waals surface area contributed by atoms with Gasteiger partial charge in [0.15, 0.2) is 6.29 Å². The first-order valence-corrected chi connectivity index (χ1v) is 5.69. The van der Waals surface area contributed by atoms with Gasteiger partial charge in [-0.05, 0) is 30.7 Å². The van der Waals surface area contributed by atoms with Gasteiger partial charge in [-0.1, -0.05) is 6.07 Å². The number of nitrogens with zero attached hydrogens (tertiary/aromatic N) is 1. The number of ether oxygens (including phenoxy) is 1. The lowest BCUT2D eigenvalue weighted by atomic mass is 10.2. The number of nitro groups is 1. The fraction of sp³-hybridized carbons (Fsp3) is 0.0714. The molecule has 0 saturated heterocycles. The molecule has 0 saturated carbocycles. The van der Waals surface area contributed by atoms with E-state index in [0.717, 1.165) is 6.07 Å². The summed E-state index contributed by atoms with van der Waals surface area (Å²) in [4.78, 5) is 21.0. The average Bonchev–Trinajstić information content (AvgIpc) is 2.41. The first-order valence-electron chi connectivity index (χ1n) is 5.69. The quantitative estimate of drug-likeness (QED) is 0.485. The van der Waals surface area contributed by atoms with E-state index in [1.54, 1.807) is 6.92 Å². The molecule has 0 heterocycles. The number of non-ortho nitro benzene ring substituents is 1. The fourth-order valence-corrected chi connectivity index (χ4v) is 1.70. The Morgan fingerprint density at radius 3 is 2.60 bits per heavy atom. The summed E-state index contributed by atoms with van der Waals surface area (Å²) < 4.78 is 18.9. The van der Waals surface area contributed by atoms with Crippen LogP contribution in [0, 0.1) is 22.9 Å². The number of aldehydes is 1. The van der Waals surface area contributed by atoms with Gasteiger partial charge in [0, 0.05) is 12.1 Å². The van der Waals surface area contributed by atoms with Gasteiger partial charge in [0.2, 0.25) is 0 Å². The molecule has 0 unspecified atom stereocenters. The van der Waals surface area contributed by atoms with E-state index >= 15 is 0 Å². The topological polar surface area (TPSA) is 69.4 Å². The smallest absolute Gasteiger partial charge is 0.269 e. The number of aryl methyl sites for hydroxylation is 1. The van der Waals surface area contributed by atoms with E-state index in [2.05, 4.69) is 0 Å². The zero-order valence-electron chi connectivity index (χ0n) is 10.5. The highest BCUT2D eigenvalue weighted by molar-refractivity contribution is 5.79. The monoisotopic (exact) mass is 275 g/mol. The molecular formula is C14H10FNO4. The number of carbonyl (C=O) groups is 1. The molecule has 0 aliphatic rings. The van der Waals surface area contributed by atoms with Gasteiger partial charge in [0.05, 0.1) is 10.5 Å². The number of nitro benzene ring substituents is 1. The minimum atomic E-state index is -0.683. The minimum Gasteiger partial charge on any atom is -0.456 e. The molecule has 2 aromatic rings. The predicted molar refractivity (Wildman–Crippen MR) is 69.7 cm³/mol. The highest BCUT2D eigenvalue weighted by Crippen LogP contribution is 2.30. The van der Waals surface area contributed by atoms with Crippen molar-refractivity contribution in [2.45, 2.75) is 6.92 Å². The van der Waals surface area contributed by atoms with Crippen molar-refractivity contribution in [2.24, 2.45) is 0 Å². The lowest BCUT2D eigenvalue weighted by Gasteiger charge is -2.10. The number of hydrogen-bond acceptors (Lipinski definition) is 4. The molecule has 0 bridgehead atoms. The predicted octanol–water partition coefficient (Wildman–Crippen LogP) is 3.65. The largest absolute Gasteiger partial charge is 0.456 e. The maximum atomic E-state index is 13.4. The molecule has 0 amide bonds. The van der Waals surface area contributed by atoms with Crippen LogP contribution in [0.3, 0.4) is 0 Å². The highest BCUT2D eigenvalue weighted by atomic mass is 19.1. The lowest BCUT2D eigenvalue weighted by molar-refractivity contribution is -0.384. The summed E-state index contributed by atoms with van der Waals surface area (Å²) in [6, 6.07) is 8.05. The van der Waals surface area contributed by atoms with E-state index in [9.17, 15) is 19.3 Å². The zero-order valence-corrected chi connectivity index (χ0v) is 10.5. The van der Waals surface area contributed by atoms with Crippen molar-refractivity contribution in [3.8, 4) is 11.5 Å². The summed E-state index contributed by atoms with van der Waals surface area (Å²) >= 11 is 0. The molecule has 0 radical (unpaired) electrons. The van der Waals surface area contributed by atoms with E-state index in [4.69, 9.17) is 4.74 Å². The number of hydrogen-bond donors (Lipinski definition) is 0. The first kappa shape index (κ1) is 13.7. The second kappa shape index (κ2) is 5.48. The van der Waals surface area contributed by atoms with E-state index in [-0.39, 0.29) is 17.0 Å². The van der Waals surface area contributed by atoms with E-state index < -0.39 is 10.7 Å². The first-order chi connectivity index (χ1) is 9.52. The Morgan fingerprint density at radius 1 is 1.25 bits per heavy atom. The number of halogens is 1. The SMILES string of the molecule is Cc1cc([N+](=O)[O-])ccc1Oc1cccc(F)c1C=O. The molecule has 0 aromatic heterocycles. The van der Waals surface area contributed by atoms with E-state index in [0.29, 0.717) is 17.6 Å². The molecule has 6 heteroatoms. The number of rotatable bonds is 4. The summed E-state index contributed by atoms with van der Waals surface area (Å²) in [6.07, 6.45) is 0.366. The molecule has 2 rings (SSSR count). The van der Waals surface area contributed by atoms with Crippen LogP contribution >= 0.6 is 0 Å². The number of benzene rings is 2. The Hall–Kier alpha value is -2.76. The van der Waals surface area contributed by atoms with Gasteiger partial charge in [-0.25, -0.2) is 4.39 Å². The Labute approximate surface area is 113 Å². The molecule has 0 spiro atoms. The van der Waals surface area contributed by atoms with Crippen molar-refractivity contribution >= 4 is 12.0 Å². The molecule has 5 nitrogen and oxygen atoms in total. The van der Waals surface area contributed by atoms with Crippen LogP contribution in [0.5, 0.6) is 11.5 Å². The molecule has 0 fully saturated rings. The van der Waals surface area contributed by atoms with Crippen LogP contribution in [0.4, 0.5) is 10.1 Å². The standard InChI is InChI=1S/C14H10FNO4/c1-9-7-10(16(18)19)5-6-13(9)20-14-4-2-3-12(15)11(14)8-17/h2-8H,1H3. The summed E-state index contributed by atoms with van der Waals surface area (Å²) in [7, 11) is 0. The van der Waals surface area contributed by atoms with Crippen molar-refractivity contribution in [2.75, 3.05) is 0 Å². The van der Waals surface area contributed by atoms with Gasteiger partial charge in [0.1, 0.15) is 17.3 Å². The second-order valence-electron chi connectivity index (χ2n) is 4.08. The maximum Gasteiger partial charge on any atom is 0.269 e. The molecule has 0 aliphatic carbocycles. The van der Waals surface area contributed by atoms with Crippen LogP contribution in [0.25, 0.3) is 0 Å². The van der Waals surface area contributed by atoms with Gasteiger partial charge in [0.25, 0.3) is 5.69 Å². The minimum absolute atomic E-state index is 0.0651. The summed E-state index contributed by atoms with van der Waals surface area (Å²) in [6.45, 7) is 1.63. The third-order valence-corrected chi connectivity index (χ3v) is 2.72. The molecule has 0 aliphatic heterocycles. The van der Waals surface area contributed by atoms with Gasteiger partial charge in [-0.15, -0.1) is 0 Å². The van der Waals surface area contributed by atoms with Crippen LogP contribution in [0.1, 0.15) is 15.9 Å². The van der Waals surface area contributed by atoms with E-state index in [1.807, 2.05) is 0 Å². The number of carbonyl (C=O) groups excluding carboxylic acids is 1. The van der Waals surface area contributed by atoms with Gasteiger partial charge >= 0.3 is 0 Å². The van der Waals surface area contributed by atoms with Crippen LogP contribution in [0.2, 0.25) is 0 Å². The summed E-state index contributed by atoms with van der Waals surface area (Å²) in [5.74, 6) is -0.293. The van der Waals surface area contributed by atoms with E-state index in [1.165, 1.54) is 30.3 Å². The average molecular weight is 275 g/mol. The molecule has 0 N–H and O–H groups in total. The fourth-order valence-electron chi connectivity index (χ4n) is 1.70. The van der Waals surface area contributed by atoms with Crippen molar-refractivity contribution in [1.29, 1.82) is 0 Å². The van der Waals surface area contributed by atoms with Crippen molar-refractivity contribution < 1.29 is 18.8 Å².